The molecule has 0 saturated heterocycles. The van der Waals surface area contributed by atoms with Crippen molar-refractivity contribution >= 4 is 0 Å². The maximum absolute atomic E-state index is 10.3. The molecule has 1 unspecified atom stereocenters. The van der Waals surface area contributed by atoms with Gasteiger partial charge in [0, 0.05) is 0 Å². The summed E-state index contributed by atoms with van der Waals surface area (Å²) in [6.07, 6.45) is 17.2. The Labute approximate surface area is 126 Å². The van der Waals surface area contributed by atoms with Crippen LogP contribution >= 0.6 is 0 Å². The summed E-state index contributed by atoms with van der Waals surface area (Å²) in [5, 5.41) is 20.3. The number of rotatable bonds is 12. The van der Waals surface area contributed by atoms with Gasteiger partial charge in [-0.25, -0.2) is 0 Å². The van der Waals surface area contributed by atoms with Crippen molar-refractivity contribution in [3.05, 3.63) is 0 Å². The second kappa shape index (κ2) is 10.6. The van der Waals surface area contributed by atoms with E-state index in [1.165, 1.54) is 57.8 Å². The molecule has 0 aromatic heterocycles. The lowest BCUT2D eigenvalue weighted by Gasteiger charge is -2.28. The Morgan fingerprint density at radius 2 is 1.25 bits per heavy atom. The predicted molar refractivity (Wildman–Crippen MR) is 85.9 cm³/mol. The highest BCUT2D eigenvalue weighted by Gasteiger charge is 2.37. The molecular weight excluding hydrogens is 248 g/mol. The molecule has 0 aliphatic heterocycles. The van der Waals surface area contributed by atoms with E-state index in [1.807, 2.05) is 0 Å². The van der Waals surface area contributed by atoms with E-state index in [0.29, 0.717) is 0 Å². The lowest BCUT2D eigenvalue weighted by atomic mass is 9.91. The van der Waals surface area contributed by atoms with Gasteiger partial charge >= 0.3 is 0 Å². The van der Waals surface area contributed by atoms with Crippen molar-refractivity contribution in [3.63, 3.8) is 0 Å². The molecule has 0 heterocycles. The van der Waals surface area contributed by atoms with Gasteiger partial charge in [0.15, 0.2) is 0 Å². The second-order valence-corrected chi connectivity index (χ2v) is 6.80. The molecule has 0 spiro atoms. The van der Waals surface area contributed by atoms with Gasteiger partial charge in [0.25, 0.3) is 0 Å². The van der Waals surface area contributed by atoms with Gasteiger partial charge in [0.05, 0.1) is 11.7 Å². The Bertz CT molecular complexity index is 221. The SMILES string of the molecule is CCCCCCCCCCCCC(O)C1(O)CCCC1. The average molecular weight is 284 g/mol. The maximum Gasteiger partial charge on any atom is 0.0905 e. The molecule has 0 aromatic rings. The number of hydrogen-bond donors (Lipinski definition) is 2. The van der Waals surface area contributed by atoms with E-state index in [2.05, 4.69) is 6.92 Å². The third kappa shape index (κ3) is 7.08. The number of unbranched alkanes of at least 4 members (excludes halogenated alkanes) is 9. The molecule has 20 heavy (non-hydrogen) atoms. The lowest BCUT2D eigenvalue weighted by molar-refractivity contribution is -0.0736. The molecule has 120 valence electrons. The van der Waals surface area contributed by atoms with E-state index in [4.69, 9.17) is 0 Å². The molecule has 0 aromatic carbocycles. The highest BCUT2D eigenvalue weighted by atomic mass is 16.3. The van der Waals surface area contributed by atoms with Gasteiger partial charge in [-0.05, 0) is 19.3 Å². The van der Waals surface area contributed by atoms with Crippen molar-refractivity contribution in [3.8, 4) is 0 Å². The van der Waals surface area contributed by atoms with Crippen LogP contribution in [0.3, 0.4) is 0 Å². The molecule has 0 amide bonds. The van der Waals surface area contributed by atoms with Crippen LogP contribution in [0.1, 0.15) is 103 Å². The standard InChI is InChI=1S/C18H36O2/c1-2-3-4-5-6-7-8-9-10-11-14-17(19)18(20)15-12-13-16-18/h17,19-20H,2-16H2,1H3. The maximum atomic E-state index is 10.3. The molecule has 2 N–H and O–H groups in total. The van der Waals surface area contributed by atoms with Gasteiger partial charge in [-0.2, -0.15) is 0 Å². The van der Waals surface area contributed by atoms with Crippen LogP contribution in [0, 0.1) is 0 Å². The van der Waals surface area contributed by atoms with Gasteiger partial charge in [-0.1, -0.05) is 84.0 Å². The van der Waals surface area contributed by atoms with E-state index >= 15 is 0 Å². The third-order valence-corrected chi connectivity index (χ3v) is 4.92. The van der Waals surface area contributed by atoms with Gasteiger partial charge < -0.3 is 10.2 Å². The smallest absolute Gasteiger partial charge is 0.0905 e. The van der Waals surface area contributed by atoms with Crippen molar-refractivity contribution in [2.75, 3.05) is 0 Å². The Morgan fingerprint density at radius 3 is 1.75 bits per heavy atom. The van der Waals surface area contributed by atoms with E-state index < -0.39 is 11.7 Å². The fourth-order valence-corrected chi connectivity index (χ4v) is 3.41. The first-order chi connectivity index (χ1) is 9.69. The summed E-state index contributed by atoms with van der Waals surface area (Å²) in [6.45, 7) is 2.26. The Balaban J connectivity index is 1.87. The van der Waals surface area contributed by atoms with Crippen molar-refractivity contribution in [1.82, 2.24) is 0 Å². The lowest BCUT2D eigenvalue weighted by Crippen LogP contribution is -2.39. The normalized spacial score (nSPS) is 19.4. The Hall–Kier alpha value is -0.0800. The van der Waals surface area contributed by atoms with Gasteiger partial charge in [0.1, 0.15) is 0 Å². The topological polar surface area (TPSA) is 40.5 Å². The van der Waals surface area contributed by atoms with Crippen LogP contribution in [-0.2, 0) is 0 Å². The first-order valence-electron chi connectivity index (χ1n) is 9.09. The summed E-state index contributed by atoms with van der Waals surface area (Å²) in [5.41, 5.74) is -0.751. The Kier molecular flexibility index (Phi) is 9.54. The second-order valence-electron chi connectivity index (χ2n) is 6.80. The van der Waals surface area contributed by atoms with Crippen molar-refractivity contribution in [1.29, 1.82) is 0 Å². The quantitative estimate of drug-likeness (QED) is 0.497. The molecule has 1 atom stereocenters. The molecule has 1 aliphatic carbocycles. The monoisotopic (exact) mass is 284 g/mol. The van der Waals surface area contributed by atoms with Crippen LogP contribution in [0.2, 0.25) is 0 Å². The van der Waals surface area contributed by atoms with Crippen LogP contribution < -0.4 is 0 Å². The number of aliphatic hydroxyl groups excluding tert-OH is 1. The summed E-state index contributed by atoms with van der Waals surface area (Å²) in [4.78, 5) is 0. The van der Waals surface area contributed by atoms with Crippen molar-refractivity contribution < 1.29 is 10.2 Å². The fourth-order valence-electron chi connectivity index (χ4n) is 3.41. The van der Waals surface area contributed by atoms with E-state index in [-0.39, 0.29) is 0 Å². The summed E-state index contributed by atoms with van der Waals surface area (Å²) in [7, 11) is 0. The fraction of sp³-hybridized carbons (Fsp3) is 1.00. The van der Waals surface area contributed by atoms with E-state index in [9.17, 15) is 10.2 Å². The largest absolute Gasteiger partial charge is 0.390 e. The van der Waals surface area contributed by atoms with Crippen LogP contribution in [0.4, 0.5) is 0 Å². The summed E-state index contributed by atoms with van der Waals surface area (Å²) < 4.78 is 0. The number of aliphatic hydroxyl groups is 2. The van der Waals surface area contributed by atoms with Gasteiger partial charge in [-0.3, -0.25) is 0 Å². The zero-order chi connectivity index (χ0) is 14.7. The average Bonchev–Trinajstić information content (AvgIpc) is 2.89. The molecular formula is C18H36O2. The van der Waals surface area contributed by atoms with Crippen LogP contribution in [0.25, 0.3) is 0 Å². The van der Waals surface area contributed by atoms with Gasteiger partial charge in [-0.15, -0.1) is 0 Å². The molecule has 1 aliphatic rings. The van der Waals surface area contributed by atoms with Crippen LogP contribution in [-0.4, -0.2) is 21.9 Å². The molecule has 0 radical (unpaired) electrons. The number of hydrogen-bond acceptors (Lipinski definition) is 2. The minimum atomic E-state index is -0.751. The van der Waals surface area contributed by atoms with Crippen LogP contribution in [0.5, 0.6) is 0 Å². The van der Waals surface area contributed by atoms with Crippen molar-refractivity contribution in [2.45, 2.75) is 115 Å². The first-order valence-corrected chi connectivity index (χ1v) is 9.09. The van der Waals surface area contributed by atoms with Crippen molar-refractivity contribution in [2.24, 2.45) is 0 Å². The summed E-state index contributed by atoms with van der Waals surface area (Å²) in [5.74, 6) is 0. The zero-order valence-electron chi connectivity index (χ0n) is 13.6. The van der Waals surface area contributed by atoms with E-state index in [0.717, 1.165) is 38.5 Å². The minimum absolute atomic E-state index is 0.487. The summed E-state index contributed by atoms with van der Waals surface area (Å²) in [6, 6.07) is 0. The molecule has 1 saturated carbocycles. The molecule has 2 nitrogen and oxygen atoms in total. The molecule has 2 heteroatoms. The predicted octanol–water partition coefficient (Wildman–Crippen LogP) is 4.96. The highest BCUT2D eigenvalue weighted by Crippen LogP contribution is 2.34. The minimum Gasteiger partial charge on any atom is -0.390 e. The third-order valence-electron chi connectivity index (χ3n) is 4.92. The van der Waals surface area contributed by atoms with Crippen LogP contribution in [0.15, 0.2) is 0 Å². The molecule has 1 rings (SSSR count). The molecule has 0 bridgehead atoms. The molecule has 1 fully saturated rings. The Morgan fingerprint density at radius 1 is 0.800 bits per heavy atom. The van der Waals surface area contributed by atoms with Gasteiger partial charge in [0.2, 0.25) is 0 Å². The van der Waals surface area contributed by atoms with E-state index in [1.54, 1.807) is 0 Å². The zero-order valence-corrected chi connectivity index (χ0v) is 13.6. The highest BCUT2D eigenvalue weighted by molar-refractivity contribution is 4.90. The summed E-state index contributed by atoms with van der Waals surface area (Å²) >= 11 is 0. The first kappa shape index (κ1) is 18.0.